The molecule has 0 aliphatic carbocycles. The van der Waals surface area contributed by atoms with Gasteiger partial charge in [0, 0.05) is 24.5 Å². The molecule has 27 heavy (non-hydrogen) atoms. The summed E-state index contributed by atoms with van der Waals surface area (Å²) in [7, 11) is 0. The number of aromatic nitrogens is 2. The fourth-order valence-corrected chi connectivity index (χ4v) is 4.10. The number of para-hydroxylation sites is 1. The first kappa shape index (κ1) is 18.0. The Balaban J connectivity index is 1.41. The van der Waals surface area contributed by atoms with Crippen molar-refractivity contribution >= 4 is 11.7 Å². The van der Waals surface area contributed by atoms with Crippen molar-refractivity contribution in [1.82, 2.24) is 20.8 Å². The van der Waals surface area contributed by atoms with E-state index in [2.05, 4.69) is 33.0 Å². The Bertz CT molecular complexity index is 778. The Morgan fingerprint density at radius 3 is 2.81 bits per heavy atom. The molecular formula is C20H27N5O2. The number of nitrogens with one attached hydrogen (secondary N) is 3. The van der Waals surface area contributed by atoms with Gasteiger partial charge in [-0.05, 0) is 44.2 Å². The van der Waals surface area contributed by atoms with Crippen molar-refractivity contribution in [3.63, 3.8) is 0 Å². The molecule has 2 aromatic rings. The second kappa shape index (κ2) is 8.08. The van der Waals surface area contributed by atoms with E-state index >= 15 is 0 Å². The summed E-state index contributed by atoms with van der Waals surface area (Å²) in [6, 6.07) is 8.66. The van der Waals surface area contributed by atoms with Crippen molar-refractivity contribution in [2.24, 2.45) is 0 Å². The molecule has 1 aromatic carbocycles. The Hall–Kier alpha value is -2.41. The maximum absolute atomic E-state index is 12.5. The summed E-state index contributed by atoms with van der Waals surface area (Å²) in [6.45, 7) is 2.13. The van der Waals surface area contributed by atoms with E-state index in [-0.39, 0.29) is 12.1 Å². The molecule has 7 nitrogen and oxygen atoms in total. The van der Waals surface area contributed by atoms with E-state index < -0.39 is 0 Å². The smallest absolute Gasteiger partial charge is 0.319 e. The van der Waals surface area contributed by atoms with Crippen LogP contribution in [-0.4, -0.2) is 34.3 Å². The number of piperidine rings is 1. The second-order valence-electron chi connectivity index (χ2n) is 7.57. The van der Waals surface area contributed by atoms with Crippen LogP contribution in [0.2, 0.25) is 0 Å². The number of hydrogen-bond acceptors (Lipinski definition) is 5. The van der Waals surface area contributed by atoms with Gasteiger partial charge in [0.15, 0.2) is 5.82 Å². The van der Waals surface area contributed by atoms with Crippen LogP contribution >= 0.6 is 0 Å². The number of benzene rings is 1. The molecule has 2 saturated heterocycles. The van der Waals surface area contributed by atoms with E-state index in [1.165, 1.54) is 12.8 Å². The Morgan fingerprint density at radius 2 is 2.04 bits per heavy atom. The number of anilines is 1. The normalized spacial score (nSPS) is 24.0. The molecule has 2 bridgehead atoms. The highest BCUT2D eigenvalue weighted by Crippen LogP contribution is 2.28. The SMILES string of the molecule is CCCCc1noc(-c2ccccc2NC(=O)NC2C[C@H]3CC[C@@H](C2)N3)n1. The molecular weight excluding hydrogens is 342 g/mol. The third-order valence-electron chi connectivity index (χ3n) is 5.44. The number of fused-ring (bicyclic) bond motifs is 2. The quantitative estimate of drug-likeness (QED) is 0.725. The van der Waals surface area contributed by atoms with Crippen molar-refractivity contribution < 1.29 is 9.32 Å². The number of nitrogens with zero attached hydrogens (tertiary/aromatic N) is 2. The van der Waals surface area contributed by atoms with Gasteiger partial charge in [-0.15, -0.1) is 0 Å². The van der Waals surface area contributed by atoms with Crippen LogP contribution in [0, 0.1) is 0 Å². The molecule has 2 aliphatic rings. The van der Waals surface area contributed by atoms with Gasteiger partial charge in [-0.2, -0.15) is 4.98 Å². The molecule has 0 saturated carbocycles. The first-order valence-corrected chi connectivity index (χ1v) is 9.97. The highest BCUT2D eigenvalue weighted by atomic mass is 16.5. The predicted octanol–water partition coefficient (Wildman–Crippen LogP) is 3.48. The standard InChI is InChI=1S/C20H27N5O2/c1-2-3-8-18-24-19(27-25-18)16-6-4-5-7-17(16)23-20(26)22-15-11-13-9-10-14(12-15)21-13/h4-7,13-15,21H,2-3,8-12H2,1H3,(H2,22,23,26)/t13-,14+,15?. The monoisotopic (exact) mass is 369 g/mol. The number of amides is 2. The maximum Gasteiger partial charge on any atom is 0.319 e. The van der Waals surface area contributed by atoms with Gasteiger partial charge in [0.25, 0.3) is 5.89 Å². The second-order valence-corrected chi connectivity index (χ2v) is 7.57. The van der Waals surface area contributed by atoms with Crippen LogP contribution in [0.1, 0.15) is 51.3 Å². The van der Waals surface area contributed by atoms with Crippen molar-refractivity contribution in [3.8, 4) is 11.5 Å². The summed E-state index contributed by atoms with van der Waals surface area (Å²) >= 11 is 0. The number of carbonyl (C=O) groups excluding carboxylic acids is 1. The zero-order valence-electron chi connectivity index (χ0n) is 15.7. The zero-order valence-corrected chi connectivity index (χ0v) is 15.7. The molecule has 0 radical (unpaired) electrons. The van der Waals surface area contributed by atoms with Gasteiger partial charge in [-0.3, -0.25) is 0 Å². The van der Waals surface area contributed by atoms with Gasteiger partial charge in [0.2, 0.25) is 0 Å². The lowest BCUT2D eigenvalue weighted by Crippen LogP contribution is -2.49. The first-order valence-electron chi connectivity index (χ1n) is 9.97. The lowest BCUT2D eigenvalue weighted by molar-refractivity contribution is 0.240. The maximum atomic E-state index is 12.5. The molecule has 3 heterocycles. The average molecular weight is 369 g/mol. The molecule has 3 N–H and O–H groups in total. The predicted molar refractivity (Wildman–Crippen MR) is 103 cm³/mol. The van der Waals surface area contributed by atoms with Crippen LogP contribution in [0.15, 0.2) is 28.8 Å². The van der Waals surface area contributed by atoms with Crippen molar-refractivity contribution in [2.45, 2.75) is 70.0 Å². The molecule has 7 heteroatoms. The topological polar surface area (TPSA) is 92.1 Å². The van der Waals surface area contributed by atoms with Crippen LogP contribution in [0.5, 0.6) is 0 Å². The molecule has 2 aliphatic heterocycles. The average Bonchev–Trinajstić information content (AvgIpc) is 3.26. The molecule has 4 rings (SSSR count). The number of urea groups is 1. The number of unbranched alkanes of at least 4 members (excludes halogenated alkanes) is 1. The fourth-order valence-electron chi connectivity index (χ4n) is 4.10. The van der Waals surface area contributed by atoms with Crippen LogP contribution in [0.3, 0.4) is 0 Å². The molecule has 0 spiro atoms. The van der Waals surface area contributed by atoms with Crippen molar-refractivity contribution in [2.75, 3.05) is 5.32 Å². The van der Waals surface area contributed by atoms with Gasteiger partial charge in [-0.1, -0.05) is 30.6 Å². The minimum absolute atomic E-state index is 0.181. The Labute approximate surface area is 159 Å². The number of aryl methyl sites for hydroxylation is 1. The third kappa shape index (κ3) is 4.30. The molecule has 2 amide bonds. The molecule has 2 fully saturated rings. The molecule has 1 unspecified atom stereocenters. The first-order chi connectivity index (χ1) is 13.2. The Kier molecular flexibility index (Phi) is 5.38. The lowest BCUT2D eigenvalue weighted by Gasteiger charge is -2.29. The number of carbonyl (C=O) groups is 1. The highest BCUT2D eigenvalue weighted by Gasteiger charge is 2.34. The summed E-state index contributed by atoms with van der Waals surface area (Å²) in [5.74, 6) is 1.15. The summed E-state index contributed by atoms with van der Waals surface area (Å²) in [4.78, 5) is 17.0. The Morgan fingerprint density at radius 1 is 1.26 bits per heavy atom. The highest BCUT2D eigenvalue weighted by molar-refractivity contribution is 5.93. The molecule has 144 valence electrons. The van der Waals surface area contributed by atoms with Gasteiger partial charge < -0.3 is 20.5 Å². The summed E-state index contributed by atoms with van der Waals surface area (Å²) < 4.78 is 5.42. The van der Waals surface area contributed by atoms with E-state index in [0.717, 1.165) is 37.7 Å². The van der Waals surface area contributed by atoms with Crippen molar-refractivity contribution in [1.29, 1.82) is 0 Å². The van der Waals surface area contributed by atoms with E-state index in [9.17, 15) is 4.79 Å². The van der Waals surface area contributed by atoms with Crippen LogP contribution in [-0.2, 0) is 6.42 Å². The largest absolute Gasteiger partial charge is 0.335 e. The fraction of sp³-hybridized carbons (Fsp3) is 0.550. The summed E-state index contributed by atoms with van der Waals surface area (Å²) in [5.41, 5.74) is 1.42. The van der Waals surface area contributed by atoms with E-state index in [1.807, 2.05) is 24.3 Å². The van der Waals surface area contributed by atoms with E-state index in [0.29, 0.717) is 29.5 Å². The third-order valence-corrected chi connectivity index (χ3v) is 5.44. The molecule has 3 atom stereocenters. The lowest BCUT2D eigenvalue weighted by atomic mass is 10.00. The van der Waals surface area contributed by atoms with Crippen LogP contribution < -0.4 is 16.0 Å². The molecule has 1 aromatic heterocycles. The number of hydrogen-bond donors (Lipinski definition) is 3. The van der Waals surface area contributed by atoms with Crippen LogP contribution in [0.4, 0.5) is 10.5 Å². The number of rotatable bonds is 6. The van der Waals surface area contributed by atoms with Gasteiger partial charge >= 0.3 is 6.03 Å². The van der Waals surface area contributed by atoms with Gasteiger partial charge in [0.1, 0.15) is 0 Å². The minimum Gasteiger partial charge on any atom is -0.335 e. The van der Waals surface area contributed by atoms with Crippen molar-refractivity contribution in [3.05, 3.63) is 30.1 Å². The van der Waals surface area contributed by atoms with Gasteiger partial charge in [-0.25, -0.2) is 4.79 Å². The summed E-state index contributed by atoms with van der Waals surface area (Å²) in [5, 5.41) is 13.7. The zero-order chi connectivity index (χ0) is 18.6. The van der Waals surface area contributed by atoms with Crippen LogP contribution in [0.25, 0.3) is 11.5 Å². The minimum atomic E-state index is -0.181. The van der Waals surface area contributed by atoms with E-state index in [4.69, 9.17) is 4.52 Å². The summed E-state index contributed by atoms with van der Waals surface area (Å²) in [6.07, 6.45) is 7.33. The van der Waals surface area contributed by atoms with Gasteiger partial charge in [0.05, 0.1) is 11.3 Å². The van der Waals surface area contributed by atoms with E-state index in [1.54, 1.807) is 0 Å².